The number of halogens is 1. The SMILES string of the molecule is Cc1cc(F)ccc1Sc1c2n(c3nccc(S(C)(=O)=O)c13)CCCC2CC(=O)O. The van der Waals surface area contributed by atoms with Gasteiger partial charge in [0.15, 0.2) is 9.84 Å². The van der Waals surface area contributed by atoms with Gasteiger partial charge in [0.25, 0.3) is 0 Å². The number of aryl methyl sites for hydroxylation is 2. The summed E-state index contributed by atoms with van der Waals surface area (Å²) in [5, 5.41) is 9.95. The van der Waals surface area contributed by atoms with Crippen molar-refractivity contribution in [2.45, 2.75) is 53.3 Å². The molecule has 0 spiro atoms. The summed E-state index contributed by atoms with van der Waals surface area (Å²) in [7, 11) is -3.54. The number of pyridine rings is 1. The van der Waals surface area contributed by atoms with Crippen LogP contribution in [-0.4, -0.2) is 35.3 Å². The molecule has 1 N–H and O–H groups in total. The average molecular weight is 449 g/mol. The second-order valence-electron chi connectivity index (χ2n) is 7.59. The van der Waals surface area contributed by atoms with Gasteiger partial charge in [0.05, 0.1) is 16.7 Å². The molecule has 3 aromatic rings. The van der Waals surface area contributed by atoms with Crippen LogP contribution >= 0.6 is 11.8 Å². The summed E-state index contributed by atoms with van der Waals surface area (Å²) in [6.07, 6.45) is 4.08. The van der Waals surface area contributed by atoms with Crippen LogP contribution in [0.2, 0.25) is 0 Å². The first-order valence-corrected chi connectivity index (χ1v) is 12.2. The van der Waals surface area contributed by atoms with Crippen molar-refractivity contribution in [3.63, 3.8) is 0 Å². The van der Waals surface area contributed by atoms with Crippen molar-refractivity contribution in [3.8, 4) is 0 Å². The summed E-state index contributed by atoms with van der Waals surface area (Å²) >= 11 is 1.35. The fraction of sp³-hybridized carbons (Fsp3) is 0.333. The minimum Gasteiger partial charge on any atom is -0.481 e. The van der Waals surface area contributed by atoms with Crippen molar-refractivity contribution >= 4 is 38.6 Å². The van der Waals surface area contributed by atoms with Gasteiger partial charge in [-0.25, -0.2) is 17.8 Å². The Bertz CT molecular complexity index is 1270. The highest BCUT2D eigenvalue weighted by Gasteiger charge is 2.32. The normalized spacial score (nSPS) is 16.6. The predicted molar refractivity (Wildman–Crippen MR) is 112 cm³/mol. The van der Waals surface area contributed by atoms with Gasteiger partial charge in [0, 0.05) is 40.4 Å². The monoisotopic (exact) mass is 448 g/mol. The minimum absolute atomic E-state index is 0.0412. The molecule has 4 rings (SSSR count). The predicted octanol–water partition coefficient (Wildman–Crippen LogP) is 4.39. The van der Waals surface area contributed by atoms with Crippen LogP contribution in [0.3, 0.4) is 0 Å². The number of carboxylic acid groups (broad SMARTS) is 1. The fourth-order valence-corrected chi connectivity index (χ4v) is 6.34. The standard InChI is InChI=1S/C21H21FN2O4S2/c1-12-10-14(22)5-6-15(12)29-20-18-16(30(2,27)28)7-8-23-21(18)24-9-3-4-13(19(20)24)11-17(25)26/h5-8,10,13H,3-4,9,11H2,1-2H3,(H,25,26). The number of carbonyl (C=O) groups is 1. The van der Waals surface area contributed by atoms with E-state index in [4.69, 9.17) is 0 Å². The van der Waals surface area contributed by atoms with Crippen LogP contribution in [0, 0.1) is 12.7 Å². The topological polar surface area (TPSA) is 89.3 Å². The first kappa shape index (κ1) is 20.9. The molecule has 158 valence electrons. The zero-order valence-electron chi connectivity index (χ0n) is 16.6. The Hall–Kier alpha value is -2.39. The van der Waals surface area contributed by atoms with Gasteiger partial charge in [-0.05, 0) is 49.6 Å². The third-order valence-corrected chi connectivity index (χ3v) is 7.82. The molecule has 2 aromatic heterocycles. The third kappa shape index (κ3) is 3.72. The van der Waals surface area contributed by atoms with E-state index < -0.39 is 15.8 Å². The Kier molecular flexibility index (Phi) is 5.36. The summed E-state index contributed by atoms with van der Waals surface area (Å²) in [4.78, 5) is 17.6. The summed E-state index contributed by atoms with van der Waals surface area (Å²) in [5.41, 5.74) is 2.07. The maximum atomic E-state index is 13.6. The number of hydrogen-bond donors (Lipinski definition) is 1. The molecule has 9 heteroatoms. The molecule has 3 heterocycles. The van der Waals surface area contributed by atoms with Gasteiger partial charge >= 0.3 is 5.97 Å². The number of aromatic nitrogens is 2. The maximum absolute atomic E-state index is 13.6. The zero-order valence-corrected chi connectivity index (χ0v) is 18.2. The van der Waals surface area contributed by atoms with Crippen molar-refractivity contribution in [1.29, 1.82) is 0 Å². The van der Waals surface area contributed by atoms with Crippen molar-refractivity contribution in [2.24, 2.45) is 0 Å². The molecule has 1 atom stereocenters. The maximum Gasteiger partial charge on any atom is 0.304 e. The van der Waals surface area contributed by atoms with Gasteiger partial charge in [0.2, 0.25) is 0 Å². The van der Waals surface area contributed by atoms with Crippen molar-refractivity contribution in [3.05, 3.63) is 47.5 Å². The Morgan fingerprint density at radius 1 is 1.37 bits per heavy atom. The van der Waals surface area contributed by atoms with Crippen LogP contribution in [0.25, 0.3) is 11.0 Å². The quantitative estimate of drug-likeness (QED) is 0.623. The number of sulfone groups is 1. The van der Waals surface area contributed by atoms with Crippen molar-refractivity contribution in [2.75, 3.05) is 6.26 Å². The molecule has 1 unspecified atom stereocenters. The lowest BCUT2D eigenvalue weighted by molar-refractivity contribution is -0.137. The van der Waals surface area contributed by atoms with Crippen LogP contribution < -0.4 is 0 Å². The summed E-state index contributed by atoms with van der Waals surface area (Å²) in [5.74, 6) is -1.49. The lowest BCUT2D eigenvalue weighted by atomic mass is 9.93. The number of nitrogens with zero attached hydrogens (tertiary/aromatic N) is 2. The van der Waals surface area contributed by atoms with Gasteiger partial charge in [-0.3, -0.25) is 4.79 Å². The molecular weight excluding hydrogens is 427 g/mol. The average Bonchev–Trinajstić information content (AvgIpc) is 2.98. The molecule has 1 aliphatic rings. The number of carboxylic acids is 1. The number of aliphatic carboxylic acids is 1. The lowest BCUT2D eigenvalue weighted by Crippen LogP contribution is -2.18. The largest absolute Gasteiger partial charge is 0.481 e. The number of benzene rings is 1. The van der Waals surface area contributed by atoms with Crippen molar-refractivity contribution in [1.82, 2.24) is 9.55 Å². The molecule has 0 radical (unpaired) electrons. The van der Waals surface area contributed by atoms with E-state index in [1.165, 1.54) is 36.2 Å². The first-order chi connectivity index (χ1) is 14.2. The van der Waals surface area contributed by atoms with Gasteiger partial charge in [-0.15, -0.1) is 0 Å². The molecule has 0 amide bonds. The first-order valence-electron chi connectivity index (χ1n) is 9.53. The zero-order chi connectivity index (χ0) is 21.6. The highest BCUT2D eigenvalue weighted by Crippen LogP contribution is 2.47. The van der Waals surface area contributed by atoms with E-state index in [9.17, 15) is 22.7 Å². The van der Waals surface area contributed by atoms with Gasteiger partial charge in [0.1, 0.15) is 11.5 Å². The second-order valence-corrected chi connectivity index (χ2v) is 10.6. The Balaban J connectivity index is 2.03. The van der Waals surface area contributed by atoms with E-state index >= 15 is 0 Å². The van der Waals surface area contributed by atoms with Crippen LogP contribution in [0.1, 0.15) is 36.4 Å². The molecular formula is C21H21FN2O4S2. The van der Waals surface area contributed by atoms with Gasteiger partial charge in [-0.2, -0.15) is 0 Å². The third-order valence-electron chi connectivity index (χ3n) is 5.39. The summed E-state index contributed by atoms with van der Waals surface area (Å²) < 4.78 is 40.7. The Morgan fingerprint density at radius 2 is 2.13 bits per heavy atom. The molecule has 0 saturated heterocycles. The lowest BCUT2D eigenvalue weighted by Gasteiger charge is -2.25. The van der Waals surface area contributed by atoms with E-state index in [-0.39, 0.29) is 23.1 Å². The molecule has 0 fully saturated rings. The van der Waals surface area contributed by atoms with Crippen LogP contribution in [0.4, 0.5) is 4.39 Å². The molecule has 1 aromatic carbocycles. The van der Waals surface area contributed by atoms with Crippen LogP contribution in [0.15, 0.2) is 45.1 Å². The van der Waals surface area contributed by atoms with Crippen LogP contribution in [-0.2, 0) is 21.2 Å². The Morgan fingerprint density at radius 3 is 2.80 bits per heavy atom. The minimum atomic E-state index is -3.54. The van der Waals surface area contributed by atoms with Gasteiger partial charge < -0.3 is 9.67 Å². The molecule has 6 nitrogen and oxygen atoms in total. The molecule has 0 saturated carbocycles. The Labute approximate surface area is 178 Å². The summed E-state index contributed by atoms with van der Waals surface area (Å²) in [6.45, 7) is 2.44. The van der Waals surface area contributed by atoms with Crippen LogP contribution in [0.5, 0.6) is 0 Å². The highest BCUT2D eigenvalue weighted by atomic mass is 32.2. The number of hydrogen-bond acceptors (Lipinski definition) is 5. The highest BCUT2D eigenvalue weighted by molar-refractivity contribution is 7.99. The molecule has 1 aliphatic heterocycles. The second kappa shape index (κ2) is 7.70. The van der Waals surface area contributed by atoms with E-state index in [1.54, 1.807) is 13.0 Å². The van der Waals surface area contributed by atoms with E-state index in [2.05, 4.69) is 4.98 Å². The molecule has 0 aliphatic carbocycles. The van der Waals surface area contributed by atoms with Gasteiger partial charge in [-0.1, -0.05) is 11.8 Å². The van der Waals surface area contributed by atoms with E-state index in [0.717, 1.165) is 28.8 Å². The number of fused-ring (bicyclic) bond motifs is 3. The van der Waals surface area contributed by atoms with E-state index in [0.29, 0.717) is 28.9 Å². The summed E-state index contributed by atoms with van der Waals surface area (Å²) in [6, 6.07) is 5.94. The smallest absolute Gasteiger partial charge is 0.304 e. The molecule has 30 heavy (non-hydrogen) atoms. The molecule has 0 bridgehead atoms. The number of rotatable bonds is 5. The van der Waals surface area contributed by atoms with E-state index in [1.807, 2.05) is 4.57 Å². The fourth-order valence-electron chi connectivity index (χ4n) is 4.14. The van der Waals surface area contributed by atoms with Crippen molar-refractivity contribution < 1.29 is 22.7 Å².